The average Bonchev–Trinajstić information content (AvgIpc) is 2.64. The molecule has 0 saturated carbocycles. The molecular weight excluding hydrogens is 208 g/mol. The van der Waals surface area contributed by atoms with Gasteiger partial charge in [0.15, 0.2) is 0 Å². The van der Waals surface area contributed by atoms with Crippen molar-refractivity contribution in [3.05, 3.63) is 29.8 Å². The summed E-state index contributed by atoms with van der Waals surface area (Å²) in [6.45, 7) is 7.96. The van der Waals surface area contributed by atoms with Crippen LogP contribution in [0.5, 0.6) is 0 Å². The molecule has 2 nitrogen and oxygen atoms in total. The van der Waals surface area contributed by atoms with Gasteiger partial charge in [-0.2, -0.15) is 0 Å². The molecule has 0 aromatic heterocycles. The number of hydrogen-bond acceptors (Lipinski definition) is 2. The van der Waals surface area contributed by atoms with Gasteiger partial charge in [-0.15, -0.1) is 0 Å². The summed E-state index contributed by atoms with van der Waals surface area (Å²) in [7, 11) is 0. The van der Waals surface area contributed by atoms with Gasteiger partial charge in [-0.05, 0) is 43.5 Å². The molecule has 1 aliphatic rings. The summed E-state index contributed by atoms with van der Waals surface area (Å²) >= 11 is 0. The Morgan fingerprint density at radius 2 is 2.24 bits per heavy atom. The standard InChI is InChI=1S/C15H24N2/c1-3-13-7-5-8-15(11-13)17-10-6-9-16-14(4-2)12-17/h5,7-8,11,14,16H,3-4,6,9-10,12H2,1-2H3. The molecule has 0 radical (unpaired) electrons. The zero-order valence-electron chi connectivity index (χ0n) is 11.1. The molecule has 0 aliphatic carbocycles. The predicted octanol–water partition coefficient (Wildman–Crippen LogP) is 2.83. The van der Waals surface area contributed by atoms with Gasteiger partial charge in [-0.25, -0.2) is 0 Å². The topological polar surface area (TPSA) is 15.3 Å². The predicted molar refractivity (Wildman–Crippen MR) is 74.7 cm³/mol. The van der Waals surface area contributed by atoms with Gasteiger partial charge in [0, 0.05) is 24.8 Å². The van der Waals surface area contributed by atoms with Crippen LogP contribution in [-0.2, 0) is 6.42 Å². The lowest BCUT2D eigenvalue weighted by molar-refractivity contribution is 0.528. The minimum absolute atomic E-state index is 0.641. The smallest absolute Gasteiger partial charge is 0.0369 e. The summed E-state index contributed by atoms with van der Waals surface area (Å²) in [6, 6.07) is 9.64. The number of anilines is 1. The molecule has 2 heteroatoms. The minimum Gasteiger partial charge on any atom is -0.370 e. The molecule has 1 N–H and O–H groups in total. The van der Waals surface area contributed by atoms with Crippen molar-refractivity contribution >= 4 is 5.69 Å². The van der Waals surface area contributed by atoms with Gasteiger partial charge < -0.3 is 10.2 Å². The first kappa shape index (κ1) is 12.4. The fraction of sp³-hybridized carbons (Fsp3) is 0.600. The van der Waals surface area contributed by atoms with Crippen LogP contribution in [0.4, 0.5) is 5.69 Å². The average molecular weight is 232 g/mol. The third-order valence-corrected chi connectivity index (χ3v) is 3.66. The van der Waals surface area contributed by atoms with Crippen LogP contribution in [0.15, 0.2) is 24.3 Å². The molecule has 17 heavy (non-hydrogen) atoms. The van der Waals surface area contributed by atoms with E-state index in [0.717, 1.165) is 19.5 Å². The van der Waals surface area contributed by atoms with Crippen LogP contribution in [0.2, 0.25) is 0 Å². The van der Waals surface area contributed by atoms with E-state index in [9.17, 15) is 0 Å². The summed E-state index contributed by atoms with van der Waals surface area (Å²) in [5.74, 6) is 0. The van der Waals surface area contributed by atoms with Gasteiger partial charge in [-0.1, -0.05) is 26.0 Å². The molecule has 2 rings (SSSR count). The first-order chi connectivity index (χ1) is 8.33. The zero-order chi connectivity index (χ0) is 12.1. The van der Waals surface area contributed by atoms with E-state index in [1.807, 2.05) is 0 Å². The molecule has 1 aliphatic heterocycles. The normalized spacial score (nSPS) is 21.3. The van der Waals surface area contributed by atoms with Gasteiger partial charge >= 0.3 is 0 Å². The molecule has 1 fully saturated rings. The van der Waals surface area contributed by atoms with Crippen LogP contribution in [-0.4, -0.2) is 25.7 Å². The second-order valence-electron chi connectivity index (χ2n) is 4.88. The van der Waals surface area contributed by atoms with Crippen LogP contribution in [0.1, 0.15) is 32.3 Å². The molecule has 0 spiro atoms. The molecule has 0 bridgehead atoms. The van der Waals surface area contributed by atoms with Gasteiger partial charge in [0.1, 0.15) is 0 Å². The second kappa shape index (κ2) is 6.06. The van der Waals surface area contributed by atoms with Crippen molar-refractivity contribution in [1.82, 2.24) is 5.32 Å². The summed E-state index contributed by atoms with van der Waals surface area (Å²) in [4.78, 5) is 2.54. The Morgan fingerprint density at radius 3 is 3.00 bits per heavy atom. The van der Waals surface area contributed by atoms with E-state index >= 15 is 0 Å². The lowest BCUT2D eigenvalue weighted by Crippen LogP contribution is -2.37. The van der Waals surface area contributed by atoms with Crippen LogP contribution in [0, 0.1) is 0 Å². The van der Waals surface area contributed by atoms with Crippen molar-refractivity contribution < 1.29 is 0 Å². The number of nitrogens with zero attached hydrogens (tertiary/aromatic N) is 1. The van der Waals surface area contributed by atoms with E-state index < -0.39 is 0 Å². The Balaban J connectivity index is 2.13. The van der Waals surface area contributed by atoms with Crippen molar-refractivity contribution in [2.24, 2.45) is 0 Å². The fourth-order valence-electron chi connectivity index (χ4n) is 2.48. The molecule has 1 saturated heterocycles. The second-order valence-corrected chi connectivity index (χ2v) is 4.88. The SMILES string of the molecule is CCc1cccc(N2CCCNC(CC)C2)c1. The third-order valence-electron chi connectivity index (χ3n) is 3.66. The maximum absolute atomic E-state index is 3.62. The Labute approximate surface area is 105 Å². The molecule has 1 aromatic rings. The number of hydrogen-bond donors (Lipinski definition) is 1. The third kappa shape index (κ3) is 3.22. The van der Waals surface area contributed by atoms with E-state index in [1.165, 1.54) is 30.6 Å². The fourth-order valence-corrected chi connectivity index (χ4v) is 2.48. The number of nitrogens with one attached hydrogen (secondary N) is 1. The number of benzene rings is 1. The lowest BCUT2D eigenvalue weighted by Gasteiger charge is -2.26. The van der Waals surface area contributed by atoms with Crippen LogP contribution in [0.3, 0.4) is 0 Å². The number of aryl methyl sites for hydroxylation is 1. The van der Waals surface area contributed by atoms with Gasteiger partial charge in [0.05, 0.1) is 0 Å². The number of rotatable bonds is 3. The Bertz CT molecular complexity index is 349. The van der Waals surface area contributed by atoms with Crippen LogP contribution < -0.4 is 10.2 Å². The van der Waals surface area contributed by atoms with Crippen molar-refractivity contribution in [3.8, 4) is 0 Å². The van der Waals surface area contributed by atoms with Crippen LogP contribution >= 0.6 is 0 Å². The summed E-state index contributed by atoms with van der Waals surface area (Å²) < 4.78 is 0. The molecule has 94 valence electrons. The highest BCUT2D eigenvalue weighted by atomic mass is 15.2. The molecule has 1 aromatic carbocycles. The molecule has 0 amide bonds. The van der Waals surface area contributed by atoms with Gasteiger partial charge in [-0.3, -0.25) is 0 Å². The van der Waals surface area contributed by atoms with Gasteiger partial charge in [0.2, 0.25) is 0 Å². The molecular formula is C15H24N2. The maximum atomic E-state index is 3.62. The largest absolute Gasteiger partial charge is 0.370 e. The summed E-state index contributed by atoms with van der Waals surface area (Å²) in [5, 5.41) is 3.62. The van der Waals surface area contributed by atoms with Crippen molar-refractivity contribution in [2.75, 3.05) is 24.5 Å². The Hall–Kier alpha value is -1.02. The summed E-state index contributed by atoms with van der Waals surface area (Å²) in [6.07, 6.45) is 3.58. The molecule has 1 heterocycles. The Kier molecular flexibility index (Phi) is 4.43. The van der Waals surface area contributed by atoms with Crippen LogP contribution in [0.25, 0.3) is 0 Å². The van der Waals surface area contributed by atoms with E-state index in [0.29, 0.717) is 6.04 Å². The van der Waals surface area contributed by atoms with Crippen molar-refractivity contribution in [1.29, 1.82) is 0 Å². The highest BCUT2D eigenvalue weighted by molar-refractivity contribution is 5.49. The first-order valence-electron chi connectivity index (χ1n) is 6.90. The van der Waals surface area contributed by atoms with E-state index in [2.05, 4.69) is 48.3 Å². The lowest BCUT2D eigenvalue weighted by atomic mass is 10.1. The Morgan fingerprint density at radius 1 is 1.35 bits per heavy atom. The minimum atomic E-state index is 0.641. The van der Waals surface area contributed by atoms with Crippen molar-refractivity contribution in [3.63, 3.8) is 0 Å². The van der Waals surface area contributed by atoms with E-state index in [4.69, 9.17) is 0 Å². The maximum Gasteiger partial charge on any atom is 0.0369 e. The van der Waals surface area contributed by atoms with Crippen molar-refractivity contribution in [2.45, 2.75) is 39.2 Å². The highest BCUT2D eigenvalue weighted by Crippen LogP contribution is 2.19. The summed E-state index contributed by atoms with van der Waals surface area (Å²) in [5.41, 5.74) is 2.83. The zero-order valence-corrected chi connectivity index (χ0v) is 11.1. The van der Waals surface area contributed by atoms with E-state index in [1.54, 1.807) is 0 Å². The molecule has 1 unspecified atom stereocenters. The van der Waals surface area contributed by atoms with E-state index in [-0.39, 0.29) is 0 Å². The molecule has 1 atom stereocenters. The van der Waals surface area contributed by atoms with Gasteiger partial charge in [0.25, 0.3) is 0 Å². The highest BCUT2D eigenvalue weighted by Gasteiger charge is 2.16. The quantitative estimate of drug-likeness (QED) is 0.862. The first-order valence-corrected chi connectivity index (χ1v) is 6.90. The monoisotopic (exact) mass is 232 g/mol.